The summed E-state index contributed by atoms with van der Waals surface area (Å²) in [5.74, 6) is 0. The van der Waals surface area contributed by atoms with Crippen molar-refractivity contribution in [3.05, 3.63) is 56.6 Å². The Kier molecular flexibility index (Phi) is 4.06. The highest BCUT2D eigenvalue weighted by atomic mass is 14.3. The highest BCUT2D eigenvalue weighted by Crippen LogP contribution is 2.44. The molecule has 0 N–H and O–H groups in total. The smallest absolute Gasteiger partial charge is 0.0140 e. The molecule has 0 aliphatic heterocycles. The van der Waals surface area contributed by atoms with Crippen LogP contribution in [0.25, 0.3) is 21.5 Å². The van der Waals surface area contributed by atoms with Crippen molar-refractivity contribution in [2.24, 2.45) is 0 Å². The van der Waals surface area contributed by atoms with Crippen molar-refractivity contribution in [3.8, 4) is 0 Å². The molecule has 3 aromatic carbocycles. The van der Waals surface area contributed by atoms with Crippen LogP contribution in [0.2, 0.25) is 0 Å². The van der Waals surface area contributed by atoms with Crippen molar-refractivity contribution < 1.29 is 0 Å². The molecule has 0 saturated carbocycles. The van der Waals surface area contributed by atoms with Gasteiger partial charge in [-0.2, -0.15) is 0 Å². The lowest BCUT2D eigenvalue weighted by Gasteiger charge is -2.31. The molecule has 30 heavy (non-hydrogen) atoms. The summed E-state index contributed by atoms with van der Waals surface area (Å²) in [6.07, 6.45) is 21.8. The maximum absolute atomic E-state index is 2.71. The normalized spacial score (nSPS) is 20.5. The van der Waals surface area contributed by atoms with Gasteiger partial charge in [0.25, 0.3) is 0 Å². The Morgan fingerprint density at radius 1 is 0.267 bits per heavy atom. The summed E-state index contributed by atoms with van der Waals surface area (Å²) < 4.78 is 0. The highest BCUT2D eigenvalue weighted by Gasteiger charge is 2.27. The first-order valence-electron chi connectivity index (χ1n) is 13.0. The molecular weight excluding hydrogens is 360 g/mol. The van der Waals surface area contributed by atoms with E-state index >= 15 is 0 Å². The second-order valence-electron chi connectivity index (χ2n) is 10.6. The van der Waals surface area contributed by atoms with Crippen molar-refractivity contribution in [2.75, 3.05) is 0 Å². The monoisotopic (exact) mass is 394 g/mol. The van der Waals surface area contributed by atoms with Crippen LogP contribution in [-0.4, -0.2) is 0 Å². The Bertz CT molecular complexity index is 1010. The van der Waals surface area contributed by atoms with E-state index in [1.165, 1.54) is 103 Å². The minimum Gasteiger partial charge on any atom is -0.0489 e. The fraction of sp³-hybridized carbons (Fsp3) is 0.533. The number of aryl methyl sites for hydroxylation is 4. The number of hydrogen-bond donors (Lipinski definition) is 0. The summed E-state index contributed by atoms with van der Waals surface area (Å²) in [6.45, 7) is 0. The average Bonchev–Trinajstić information content (AvgIpc) is 2.83. The number of rotatable bonds is 0. The van der Waals surface area contributed by atoms with Crippen molar-refractivity contribution in [1.29, 1.82) is 0 Å². The Labute approximate surface area is 181 Å². The van der Waals surface area contributed by atoms with E-state index in [1.807, 2.05) is 0 Å². The van der Waals surface area contributed by atoms with Crippen molar-refractivity contribution in [3.63, 3.8) is 0 Å². The van der Waals surface area contributed by atoms with Gasteiger partial charge >= 0.3 is 0 Å². The molecule has 4 aliphatic carbocycles. The Morgan fingerprint density at radius 2 is 0.467 bits per heavy atom. The van der Waals surface area contributed by atoms with E-state index in [-0.39, 0.29) is 0 Å². The summed E-state index contributed by atoms with van der Waals surface area (Å²) in [6, 6.07) is 5.42. The second-order valence-corrected chi connectivity index (χ2v) is 10.6. The van der Waals surface area contributed by atoms with Crippen LogP contribution in [0.3, 0.4) is 0 Å². The Balaban J connectivity index is 1.63. The number of fused-ring (bicyclic) bond motifs is 12. The molecule has 0 heterocycles. The maximum atomic E-state index is 2.71. The van der Waals surface area contributed by atoms with Crippen molar-refractivity contribution in [1.82, 2.24) is 0 Å². The van der Waals surface area contributed by atoms with Gasteiger partial charge in [-0.3, -0.25) is 0 Å². The van der Waals surface area contributed by atoms with Gasteiger partial charge in [-0.1, -0.05) is 0 Å². The molecule has 0 unspecified atom stereocenters. The lowest BCUT2D eigenvalue weighted by molar-refractivity contribution is 0.645. The third kappa shape index (κ3) is 2.46. The topological polar surface area (TPSA) is 0 Å². The first-order valence-corrected chi connectivity index (χ1v) is 13.0. The van der Waals surface area contributed by atoms with Gasteiger partial charge in [0.15, 0.2) is 0 Å². The lowest BCUT2D eigenvalue weighted by Crippen LogP contribution is -2.16. The summed E-state index contributed by atoms with van der Waals surface area (Å²) in [5, 5.41) is 6.62. The molecule has 0 atom stereocenters. The average molecular weight is 395 g/mol. The van der Waals surface area contributed by atoms with Gasteiger partial charge < -0.3 is 0 Å². The van der Waals surface area contributed by atoms with Crippen LogP contribution in [0.1, 0.15) is 95.9 Å². The zero-order chi connectivity index (χ0) is 19.7. The Morgan fingerprint density at radius 3 is 0.700 bits per heavy atom. The fourth-order valence-electron chi connectivity index (χ4n) is 7.74. The standard InChI is InChI=1S/C30H34/c1-5-13-23-19(9-1)20-10-2-6-14-24(20)28-18-30-26-16-8-4-12-22(26)21-11-3-7-15-25(21)29(30)17-27(23)28/h17-18H,1-16H2. The minimum absolute atomic E-state index is 1.32. The molecule has 0 saturated heterocycles. The molecule has 0 amide bonds. The second kappa shape index (κ2) is 6.84. The summed E-state index contributed by atoms with van der Waals surface area (Å²) in [7, 11) is 0. The predicted molar refractivity (Wildman–Crippen MR) is 128 cm³/mol. The van der Waals surface area contributed by atoms with E-state index in [0.29, 0.717) is 0 Å². The molecular formula is C30H34. The fourth-order valence-corrected chi connectivity index (χ4v) is 7.74. The quantitative estimate of drug-likeness (QED) is 0.346. The minimum atomic E-state index is 1.32. The van der Waals surface area contributed by atoms with Crippen LogP contribution >= 0.6 is 0 Å². The van der Waals surface area contributed by atoms with Gasteiger partial charge in [0.1, 0.15) is 0 Å². The number of hydrogen-bond acceptors (Lipinski definition) is 0. The van der Waals surface area contributed by atoms with E-state index in [0.717, 1.165) is 0 Å². The molecule has 4 aliphatic rings. The molecule has 7 rings (SSSR count). The van der Waals surface area contributed by atoms with Crippen molar-refractivity contribution in [2.45, 2.75) is 103 Å². The SMILES string of the molecule is c1c2c3c(c4c(c2cc2c5c(c6c(c12)CCCC6)CCCC5)CCCC4)CCCC3. The predicted octanol–water partition coefficient (Wildman–Crippen LogP) is 7.51. The lowest BCUT2D eigenvalue weighted by atomic mass is 9.74. The van der Waals surface area contributed by atoms with Gasteiger partial charge in [-0.25, -0.2) is 0 Å². The molecule has 0 heteroatoms. The van der Waals surface area contributed by atoms with E-state index in [1.54, 1.807) is 66.1 Å². The van der Waals surface area contributed by atoms with Gasteiger partial charge in [0, 0.05) is 0 Å². The maximum Gasteiger partial charge on any atom is -0.0140 e. The van der Waals surface area contributed by atoms with E-state index in [9.17, 15) is 0 Å². The zero-order valence-corrected chi connectivity index (χ0v) is 18.5. The molecule has 0 nitrogen and oxygen atoms in total. The van der Waals surface area contributed by atoms with Crippen molar-refractivity contribution >= 4 is 21.5 Å². The van der Waals surface area contributed by atoms with E-state index in [2.05, 4.69) is 12.1 Å². The summed E-state index contributed by atoms with van der Waals surface area (Å²) in [4.78, 5) is 0. The van der Waals surface area contributed by atoms with E-state index < -0.39 is 0 Å². The van der Waals surface area contributed by atoms with Gasteiger partial charge in [0.05, 0.1) is 0 Å². The van der Waals surface area contributed by atoms with Crippen LogP contribution in [0.15, 0.2) is 12.1 Å². The van der Waals surface area contributed by atoms with Crippen LogP contribution in [0.4, 0.5) is 0 Å². The summed E-state index contributed by atoms with van der Waals surface area (Å²) in [5.41, 5.74) is 14.2. The van der Waals surface area contributed by atoms with E-state index in [4.69, 9.17) is 0 Å². The van der Waals surface area contributed by atoms with Crippen LogP contribution in [-0.2, 0) is 51.4 Å². The molecule has 0 aromatic heterocycles. The molecule has 0 bridgehead atoms. The van der Waals surface area contributed by atoms with Crippen LogP contribution in [0.5, 0.6) is 0 Å². The third-order valence-electron chi connectivity index (χ3n) is 9.06. The molecule has 0 radical (unpaired) electrons. The van der Waals surface area contributed by atoms with Gasteiger partial charge in [0.2, 0.25) is 0 Å². The molecule has 154 valence electrons. The largest absolute Gasteiger partial charge is 0.0489 e. The first kappa shape index (κ1) is 17.8. The first-order chi connectivity index (χ1) is 14.9. The molecule has 3 aromatic rings. The molecule has 0 fully saturated rings. The molecule has 0 spiro atoms. The van der Waals surface area contributed by atoms with Gasteiger partial charge in [-0.05, 0) is 181 Å². The van der Waals surface area contributed by atoms with Crippen LogP contribution in [0, 0.1) is 0 Å². The summed E-state index contributed by atoms with van der Waals surface area (Å²) >= 11 is 0. The Hall–Kier alpha value is -1.82. The van der Waals surface area contributed by atoms with Gasteiger partial charge in [-0.15, -0.1) is 0 Å². The van der Waals surface area contributed by atoms with Crippen LogP contribution < -0.4 is 0 Å². The third-order valence-corrected chi connectivity index (χ3v) is 9.06. The highest BCUT2D eigenvalue weighted by molar-refractivity contribution is 6.05. The number of benzene rings is 3. The zero-order valence-electron chi connectivity index (χ0n) is 18.5.